The maximum absolute atomic E-state index is 8.88. The number of hydrogen-bond acceptors (Lipinski definition) is 6. The zero-order valence-electron chi connectivity index (χ0n) is 17.3. The SMILES string of the molecule is COc1ccc(CC2=NCCc3cc(OC)c(OC)cc32)cc1OC.O=P(O)(O)O. The molecule has 0 unspecified atom stereocenters. The molecule has 0 fully saturated rings. The van der Waals surface area contributed by atoms with Crippen molar-refractivity contribution in [1.82, 2.24) is 0 Å². The molecule has 0 saturated carbocycles. The number of fused-ring (bicyclic) bond motifs is 1. The van der Waals surface area contributed by atoms with Gasteiger partial charge in [-0.25, -0.2) is 4.57 Å². The van der Waals surface area contributed by atoms with Crippen LogP contribution in [0.15, 0.2) is 35.3 Å². The molecule has 0 aliphatic carbocycles. The van der Waals surface area contributed by atoms with Gasteiger partial charge in [-0.3, -0.25) is 4.99 Å². The molecular formula is C20H26NO8P. The van der Waals surface area contributed by atoms with Gasteiger partial charge in [-0.15, -0.1) is 0 Å². The van der Waals surface area contributed by atoms with Crippen molar-refractivity contribution in [2.24, 2.45) is 4.99 Å². The molecule has 0 amide bonds. The number of benzene rings is 2. The van der Waals surface area contributed by atoms with Crippen LogP contribution in [0.2, 0.25) is 0 Å². The van der Waals surface area contributed by atoms with E-state index in [0.29, 0.717) is 0 Å². The van der Waals surface area contributed by atoms with Crippen LogP contribution in [-0.2, 0) is 17.4 Å². The number of methoxy groups -OCH3 is 4. The first-order valence-corrected chi connectivity index (χ1v) is 10.5. The minimum Gasteiger partial charge on any atom is -0.493 e. The van der Waals surface area contributed by atoms with Crippen LogP contribution >= 0.6 is 7.82 Å². The van der Waals surface area contributed by atoms with Crippen LogP contribution < -0.4 is 18.9 Å². The second-order valence-electron chi connectivity index (χ2n) is 6.32. The van der Waals surface area contributed by atoms with Crippen LogP contribution in [0.5, 0.6) is 23.0 Å². The monoisotopic (exact) mass is 439 g/mol. The van der Waals surface area contributed by atoms with Gasteiger partial charge in [-0.1, -0.05) is 6.07 Å². The van der Waals surface area contributed by atoms with Crippen LogP contribution in [-0.4, -0.2) is 55.4 Å². The summed E-state index contributed by atoms with van der Waals surface area (Å²) in [6.45, 7) is 0.783. The average molecular weight is 439 g/mol. The Bertz CT molecular complexity index is 946. The lowest BCUT2D eigenvalue weighted by molar-refractivity contribution is 0.275. The van der Waals surface area contributed by atoms with Crippen LogP contribution in [0.25, 0.3) is 0 Å². The zero-order valence-corrected chi connectivity index (χ0v) is 18.2. The van der Waals surface area contributed by atoms with Gasteiger partial charge in [0.25, 0.3) is 0 Å². The standard InChI is InChI=1S/C20H23NO4.H3O4P/c1-22-17-6-5-13(10-18(17)23-2)9-16-15-12-20(25-4)19(24-3)11-14(15)7-8-21-16;1-5(2,3)4/h5-6,10-12H,7-9H2,1-4H3;(H3,1,2,3,4). The molecule has 30 heavy (non-hydrogen) atoms. The summed E-state index contributed by atoms with van der Waals surface area (Å²) in [5, 5.41) is 0. The molecular weight excluding hydrogens is 413 g/mol. The average Bonchev–Trinajstić information content (AvgIpc) is 2.71. The van der Waals surface area contributed by atoms with Crippen molar-refractivity contribution >= 4 is 13.5 Å². The molecule has 0 atom stereocenters. The molecule has 2 aromatic carbocycles. The highest BCUT2D eigenvalue weighted by atomic mass is 31.2. The summed E-state index contributed by atoms with van der Waals surface area (Å²) in [6.07, 6.45) is 1.63. The highest BCUT2D eigenvalue weighted by Crippen LogP contribution is 2.34. The first-order valence-electron chi connectivity index (χ1n) is 8.98. The molecule has 3 rings (SSSR count). The molecule has 0 aromatic heterocycles. The summed E-state index contributed by atoms with van der Waals surface area (Å²) in [4.78, 5) is 26.3. The van der Waals surface area contributed by atoms with E-state index in [1.807, 2.05) is 24.3 Å². The van der Waals surface area contributed by atoms with Crippen molar-refractivity contribution in [3.8, 4) is 23.0 Å². The van der Waals surface area contributed by atoms with E-state index in [9.17, 15) is 0 Å². The molecule has 0 radical (unpaired) electrons. The van der Waals surface area contributed by atoms with Gasteiger partial charge < -0.3 is 33.6 Å². The summed E-state index contributed by atoms with van der Waals surface area (Å²) in [5.74, 6) is 2.93. The lowest BCUT2D eigenvalue weighted by atomic mass is 9.93. The Balaban J connectivity index is 0.000000575. The minimum atomic E-state index is -4.64. The first-order chi connectivity index (χ1) is 14.2. The molecule has 10 heteroatoms. The predicted molar refractivity (Wildman–Crippen MR) is 112 cm³/mol. The number of hydrogen-bond donors (Lipinski definition) is 3. The maximum Gasteiger partial charge on any atom is 0.466 e. The molecule has 0 saturated heterocycles. The summed E-state index contributed by atoms with van der Waals surface area (Å²) in [6, 6.07) is 10.0. The third kappa shape index (κ3) is 6.47. The summed E-state index contributed by atoms with van der Waals surface area (Å²) in [7, 11) is 1.95. The van der Waals surface area contributed by atoms with Gasteiger partial charge in [0.15, 0.2) is 23.0 Å². The Morgan fingerprint density at radius 1 is 0.867 bits per heavy atom. The minimum absolute atomic E-state index is 0.725. The fraction of sp³-hybridized carbons (Fsp3) is 0.350. The molecule has 0 bridgehead atoms. The first kappa shape index (κ1) is 23.7. The maximum atomic E-state index is 8.88. The van der Waals surface area contributed by atoms with Gasteiger partial charge in [0.1, 0.15) is 0 Å². The predicted octanol–water partition coefficient (Wildman–Crippen LogP) is 2.38. The number of nitrogens with zero attached hydrogens (tertiary/aromatic N) is 1. The highest BCUT2D eigenvalue weighted by Gasteiger charge is 2.19. The molecule has 1 heterocycles. The van der Waals surface area contributed by atoms with Gasteiger partial charge >= 0.3 is 7.82 Å². The van der Waals surface area contributed by atoms with E-state index < -0.39 is 7.82 Å². The van der Waals surface area contributed by atoms with Crippen molar-refractivity contribution in [2.75, 3.05) is 35.0 Å². The number of ether oxygens (including phenoxy) is 4. The largest absolute Gasteiger partial charge is 0.493 e. The van der Waals surface area contributed by atoms with Gasteiger partial charge in [0, 0.05) is 24.2 Å². The molecule has 0 spiro atoms. The van der Waals surface area contributed by atoms with E-state index >= 15 is 0 Å². The van der Waals surface area contributed by atoms with E-state index in [1.54, 1.807) is 28.4 Å². The van der Waals surface area contributed by atoms with Crippen LogP contribution in [0.1, 0.15) is 16.7 Å². The lowest BCUT2D eigenvalue weighted by Crippen LogP contribution is -2.16. The summed E-state index contributed by atoms with van der Waals surface area (Å²) >= 11 is 0. The number of rotatable bonds is 6. The second kappa shape index (κ2) is 10.4. The topological polar surface area (TPSA) is 127 Å². The van der Waals surface area contributed by atoms with E-state index in [-0.39, 0.29) is 0 Å². The molecule has 1 aliphatic rings. The second-order valence-corrected chi connectivity index (χ2v) is 7.35. The van der Waals surface area contributed by atoms with Crippen LogP contribution in [0.4, 0.5) is 0 Å². The Kier molecular flexibility index (Phi) is 8.25. The van der Waals surface area contributed by atoms with Crippen LogP contribution in [0, 0.1) is 0 Å². The van der Waals surface area contributed by atoms with E-state index in [0.717, 1.165) is 59.2 Å². The number of phosphoric acid groups is 1. The van der Waals surface area contributed by atoms with Gasteiger partial charge in [0.05, 0.1) is 28.4 Å². The fourth-order valence-corrected chi connectivity index (χ4v) is 3.13. The van der Waals surface area contributed by atoms with Gasteiger partial charge in [-0.05, 0) is 41.8 Å². The molecule has 3 N–H and O–H groups in total. The van der Waals surface area contributed by atoms with Crippen molar-refractivity contribution in [1.29, 1.82) is 0 Å². The Labute approximate surface area is 175 Å². The lowest BCUT2D eigenvalue weighted by Gasteiger charge is -2.20. The quantitative estimate of drug-likeness (QED) is 0.586. The highest BCUT2D eigenvalue weighted by molar-refractivity contribution is 7.45. The Morgan fingerprint density at radius 3 is 1.97 bits per heavy atom. The normalized spacial score (nSPS) is 12.7. The van der Waals surface area contributed by atoms with Gasteiger partial charge in [0.2, 0.25) is 0 Å². The third-order valence-electron chi connectivity index (χ3n) is 4.42. The van der Waals surface area contributed by atoms with Gasteiger partial charge in [-0.2, -0.15) is 0 Å². The Hall–Kier alpha value is -2.58. The summed E-state index contributed by atoms with van der Waals surface area (Å²) < 4.78 is 30.5. The molecule has 9 nitrogen and oxygen atoms in total. The van der Waals surface area contributed by atoms with Crippen molar-refractivity contribution in [3.05, 3.63) is 47.0 Å². The van der Waals surface area contributed by atoms with E-state index in [4.69, 9.17) is 43.2 Å². The number of aliphatic imine (C=N–C) groups is 1. The molecule has 1 aliphatic heterocycles. The van der Waals surface area contributed by atoms with Crippen molar-refractivity contribution < 1.29 is 38.2 Å². The van der Waals surface area contributed by atoms with E-state index in [1.165, 1.54) is 5.56 Å². The Morgan fingerprint density at radius 2 is 1.40 bits per heavy atom. The smallest absolute Gasteiger partial charge is 0.466 e. The van der Waals surface area contributed by atoms with Crippen molar-refractivity contribution in [3.63, 3.8) is 0 Å². The molecule has 2 aromatic rings. The summed E-state index contributed by atoms with van der Waals surface area (Å²) in [5.41, 5.74) is 4.54. The van der Waals surface area contributed by atoms with Crippen LogP contribution in [0.3, 0.4) is 0 Å². The third-order valence-corrected chi connectivity index (χ3v) is 4.42. The molecule has 164 valence electrons. The van der Waals surface area contributed by atoms with E-state index in [2.05, 4.69) is 6.07 Å². The fourth-order valence-electron chi connectivity index (χ4n) is 3.13. The van der Waals surface area contributed by atoms with Crippen molar-refractivity contribution in [2.45, 2.75) is 12.8 Å². The zero-order chi connectivity index (χ0) is 22.3.